The van der Waals surface area contributed by atoms with Crippen molar-refractivity contribution in [3.63, 3.8) is 0 Å². The van der Waals surface area contributed by atoms with E-state index in [9.17, 15) is 10.1 Å². The van der Waals surface area contributed by atoms with Gasteiger partial charge in [0.05, 0.1) is 11.1 Å². The normalized spacial score (nSPS) is 11.8. The highest BCUT2D eigenvalue weighted by atomic mass is 16.7. The van der Waals surface area contributed by atoms with E-state index >= 15 is 0 Å². The number of aromatic nitrogens is 1. The molecule has 1 N–H and O–H groups in total. The maximum absolute atomic E-state index is 14.5. The van der Waals surface area contributed by atoms with Gasteiger partial charge in [0.2, 0.25) is 0 Å². The van der Waals surface area contributed by atoms with Crippen molar-refractivity contribution >= 4 is 16.8 Å². The number of benzene rings is 3. The Labute approximate surface area is 224 Å². The fraction of sp³-hybridized carbons (Fsp3) is 0.250. The third-order valence-corrected chi connectivity index (χ3v) is 6.48. The van der Waals surface area contributed by atoms with Gasteiger partial charge in [-0.3, -0.25) is 4.79 Å². The van der Waals surface area contributed by atoms with E-state index < -0.39 is 12.3 Å². The zero-order chi connectivity index (χ0) is 26.9. The van der Waals surface area contributed by atoms with E-state index in [0.29, 0.717) is 36.4 Å². The fourth-order valence-electron chi connectivity index (χ4n) is 4.83. The summed E-state index contributed by atoms with van der Waals surface area (Å²) in [6.45, 7) is 8.90. The van der Waals surface area contributed by atoms with E-state index in [1.165, 1.54) is 0 Å². The van der Waals surface area contributed by atoms with Gasteiger partial charge in [-0.25, -0.2) is 0 Å². The highest BCUT2D eigenvalue weighted by molar-refractivity contribution is 6.02. The minimum atomic E-state index is -0.673. The Morgan fingerprint density at radius 1 is 1.00 bits per heavy atom. The molecule has 1 heterocycles. The number of hydrogen-bond donors (Lipinski definition) is 1. The number of nitriles is 1. The van der Waals surface area contributed by atoms with Crippen LogP contribution in [0.3, 0.4) is 0 Å². The quantitative estimate of drug-likeness (QED) is 0.178. The molecule has 194 valence electrons. The van der Waals surface area contributed by atoms with Crippen LogP contribution in [0, 0.1) is 11.3 Å². The van der Waals surface area contributed by atoms with Gasteiger partial charge in [-0.15, -0.1) is 6.58 Å². The van der Waals surface area contributed by atoms with Crippen molar-refractivity contribution in [2.24, 2.45) is 0 Å². The van der Waals surface area contributed by atoms with Crippen LogP contribution in [0.15, 0.2) is 91.5 Å². The largest absolute Gasteiger partial charge is 0.350 e. The molecule has 0 saturated carbocycles. The monoisotopic (exact) mass is 507 g/mol. The number of nitrogens with one attached hydrogen (secondary N) is 1. The average molecular weight is 508 g/mol. The lowest BCUT2D eigenvalue weighted by Crippen LogP contribution is -2.43. The summed E-state index contributed by atoms with van der Waals surface area (Å²) in [5, 5.41) is 10.6. The number of carbonyl (C=O) groups excluding carboxylic acids is 1. The van der Waals surface area contributed by atoms with E-state index in [0.717, 1.165) is 22.1 Å². The van der Waals surface area contributed by atoms with Crippen LogP contribution >= 0.6 is 0 Å². The van der Waals surface area contributed by atoms with Crippen LogP contribution in [0.4, 0.5) is 0 Å². The molecule has 0 aliphatic heterocycles. The summed E-state index contributed by atoms with van der Waals surface area (Å²) in [4.78, 5) is 19.6. The Morgan fingerprint density at radius 3 is 2.26 bits per heavy atom. The number of fused-ring (bicyclic) bond motifs is 1. The lowest BCUT2D eigenvalue weighted by atomic mass is 9.99. The number of carbonyl (C=O) groups is 1. The second-order valence-corrected chi connectivity index (χ2v) is 8.86. The van der Waals surface area contributed by atoms with Crippen molar-refractivity contribution in [3.8, 4) is 6.07 Å². The van der Waals surface area contributed by atoms with Crippen molar-refractivity contribution < 1.29 is 14.3 Å². The Kier molecular flexibility index (Phi) is 9.10. The first-order valence-electron chi connectivity index (χ1n) is 12.9. The summed E-state index contributed by atoms with van der Waals surface area (Å²) in [6, 6.07) is 27.1. The topological polar surface area (TPSA) is 78.4 Å². The molecule has 1 unspecified atom stereocenters. The zero-order valence-corrected chi connectivity index (χ0v) is 21.9. The number of amides is 1. The van der Waals surface area contributed by atoms with Crippen LogP contribution in [0.2, 0.25) is 0 Å². The Balaban J connectivity index is 1.89. The molecule has 4 aromatic rings. The molecule has 6 heteroatoms. The lowest BCUT2D eigenvalue weighted by Gasteiger charge is -2.36. The smallest absolute Gasteiger partial charge is 0.271 e. The summed E-state index contributed by atoms with van der Waals surface area (Å²) in [5.41, 5.74) is 4.41. The summed E-state index contributed by atoms with van der Waals surface area (Å²) in [5.74, 6) is -0.214. The summed E-state index contributed by atoms with van der Waals surface area (Å²) in [6.07, 6.45) is 1.57. The van der Waals surface area contributed by atoms with Gasteiger partial charge in [0.1, 0.15) is 17.8 Å². The predicted molar refractivity (Wildman–Crippen MR) is 150 cm³/mol. The number of aromatic amines is 1. The van der Waals surface area contributed by atoms with E-state index in [2.05, 4.69) is 17.6 Å². The lowest BCUT2D eigenvalue weighted by molar-refractivity contribution is -0.170. The standard InChI is InChI=1S/C32H33N3O3/c1-4-20-35(30(24-16-11-8-12-17-24)32(37-5-2)38-6-3)31(36)29-27(21-23-14-9-7-10-15-23)26-19-13-18-25(22-33)28(26)34-29/h4,7-19,30,32,34H,1,5-6,20-21H2,2-3H3. The van der Waals surface area contributed by atoms with E-state index in [4.69, 9.17) is 9.47 Å². The number of ether oxygens (including phenoxy) is 2. The molecule has 38 heavy (non-hydrogen) atoms. The molecule has 1 atom stereocenters. The molecule has 0 fully saturated rings. The predicted octanol–water partition coefficient (Wildman–Crippen LogP) is 6.40. The number of para-hydroxylation sites is 1. The molecule has 0 radical (unpaired) electrons. The van der Waals surface area contributed by atoms with Gasteiger partial charge in [-0.05, 0) is 36.6 Å². The minimum Gasteiger partial charge on any atom is -0.350 e. The van der Waals surface area contributed by atoms with Crippen LogP contribution in [-0.4, -0.2) is 41.8 Å². The molecule has 4 rings (SSSR count). The first-order valence-corrected chi connectivity index (χ1v) is 12.9. The number of rotatable bonds is 12. The Bertz CT molecular complexity index is 1400. The second-order valence-electron chi connectivity index (χ2n) is 8.86. The molecule has 0 aliphatic rings. The van der Waals surface area contributed by atoms with Crippen molar-refractivity contribution in [3.05, 3.63) is 119 Å². The van der Waals surface area contributed by atoms with Crippen molar-refractivity contribution in [1.29, 1.82) is 5.26 Å². The van der Waals surface area contributed by atoms with Crippen LogP contribution in [0.1, 0.15) is 52.6 Å². The minimum absolute atomic E-state index is 0.214. The zero-order valence-electron chi connectivity index (χ0n) is 21.9. The molecule has 0 bridgehead atoms. The number of H-pyrrole nitrogens is 1. The highest BCUT2D eigenvalue weighted by Gasteiger charge is 2.35. The summed E-state index contributed by atoms with van der Waals surface area (Å²) in [7, 11) is 0. The summed E-state index contributed by atoms with van der Waals surface area (Å²) >= 11 is 0. The molecule has 0 spiro atoms. The second kappa shape index (κ2) is 12.9. The van der Waals surface area contributed by atoms with Crippen LogP contribution in [-0.2, 0) is 15.9 Å². The Hall–Kier alpha value is -4.18. The molecule has 6 nitrogen and oxygen atoms in total. The van der Waals surface area contributed by atoms with Gasteiger partial charge in [-0.1, -0.05) is 78.9 Å². The molecule has 0 aliphatic carbocycles. The van der Waals surface area contributed by atoms with Crippen LogP contribution < -0.4 is 0 Å². The van der Waals surface area contributed by atoms with Gasteiger partial charge in [0.15, 0.2) is 6.29 Å². The maximum atomic E-state index is 14.5. The van der Waals surface area contributed by atoms with E-state index in [1.807, 2.05) is 86.6 Å². The summed E-state index contributed by atoms with van der Waals surface area (Å²) < 4.78 is 12.1. The molecule has 3 aromatic carbocycles. The first kappa shape index (κ1) is 26.9. The van der Waals surface area contributed by atoms with Gasteiger partial charge >= 0.3 is 0 Å². The first-order chi connectivity index (χ1) is 18.6. The third kappa shape index (κ3) is 5.70. The maximum Gasteiger partial charge on any atom is 0.271 e. The van der Waals surface area contributed by atoms with E-state index in [1.54, 1.807) is 17.0 Å². The van der Waals surface area contributed by atoms with Crippen molar-refractivity contribution in [1.82, 2.24) is 9.88 Å². The average Bonchev–Trinajstić information content (AvgIpc) is 3.32. The van der Waals surface area contributed by atoms with Crippen molar-refractivity contribution in [2.45, 2.75) is 32.6 Å². The molecular formula is C32H33N3O3. The Morgan fingerprint density at radius 2 is 1.66 bits per heavy atom. The highest BCUT2D eigenvalue weighted by Crippen LogP contribution is 2.33. The van der Waals surface area contributed by atoms with Crippen LogP contribution in [0.25, 0.3) is 10.9 Å². The van der Waals surface area contributed by atoms with Gasteiger partial charge in [-0.2, -0.15) is 5.26 Å². The number of hydrogen-bond acceptors (Lipinski definition) is 4. The molecular weight excluding hydrogens is 474 g/mol. The van der Waals surface area contributed by atoms with Gasteiger partial charge < -0.3 is 19.4 Å². The molecule has 1 amide bonds. The van der Waals surface area contributed by atoms with Gasteiger partial charge in [0.25, 0.3) is 5.91 Å². The molecule has 1 aromatic heterocycles. The fourth-order valence-corrected chi connectivity index (χ4v) is 4.83. The molecule has 0 saturated heterocycles. The number of nitrogens with zero attached hydrogens (tertiary/aromatic N) is 2. The van der Waals surface area contributed by atoms with E-state index in [-0.39, 0.29) is 12.5 Å². The third-order valence-electron chi connectivity index (χ3n) is 6.48. The van der Waals surface area contributed by atoms with Crippen molar-refractivity contribution in [2.75, 3.05) is 19.8 Å². The van der Waals surface area contributed by atoms with Gasteiger partial charge in [0, 0.05) is 31.6 Å². The SMILES string of the molecule is C=CCN(C(=O)c1[nH]c2c(C#N)cccc2c1Cc1ccccc1)C(c1ccccc1)C(OCC)OCC. The van der Waals surface area contributed by atoms with Crippen LogP contribution in [0.5, 0.6) is 0 Å².